The van der Waals surface area contributed by atoms with Gasteiger partial charge in [0.1, 0.15) is 13.2 Å². The van der Waals surface area contributed by atoms with Crippen LogP contribution in [0, 0.1) is 0 Å². The molecule has 0 heterocycles. The average Bonchev–Trinajstić information content (AvgIpc) is 3.35. The molecule has 69 heavy (non-hydrogen) atoms. The molecule has 0 unspecified atom stereocenters. The van der Waals surface area contributed by atoms with Crippen molar-refractivity contribution in [1.82, 2.24) is 0 Å². The second-order valence-corrected chi connectivity index (χ2v) is 20.3. The summed E-state index contributed by atoms with van der Waals surface area (Å²) in [5.74, 6) is -0.917. The number of esters is 3. The van der Waals surface area contributed by atoms with Crippen LogP contribution in [-0.4, -0.2) is 37.2 Å². The highest BCUT2D eigenvalue weighted by Gasteiger charge is 2.19. The van der Waals surface area contributed by atoms with Gasteiger partial charge in [-0.05, 0) is 83.5 Å². The lowest BCUT2D eigenvalue weighted by atomic mass is 10.0. The summed E-state index contributed by atoms with van der Waals surface area (Å²) < 4.78 is 16.9. The molecule has 6 nitrogen and oxygen atoms in total. The maximum atomic E-state index is 12.9. The number of hydrogen-bond donors (Lipinski definition) is 0. The largest absolute Gasteiger partial charge is 0.462 e. The molecule has 0 aromatic carbocycles. The number of carbonyl (C=O) groups is 3. The summed E-state index contributed by atoms with van der Waals surface area (Å²) in [6, 6.07) is 0. The van der Waals surface area contributed by atoms with E-state index in [-0.39, 0.29) is 31.1 Å². The van der Waals surface area contributed by atoms with Crippen molar-refractivity contribution in [3.05, 3.63) is 48.6 Å². The van der Waals surface area contributed by atoms with Gasteiger partial charge in [0.2, 0.25) is 0 Å². The fourth-order valence-electron chi connectivity index (χ4n) is 8.74. The van der Waals surface area contributed by atoms with Gasteiger partial charge in [0.25, 0.3) is 0 Å². The fourth-order valence-corrected chi connectivity index (χ4v) is 8.74. The Bertz CT molecular complexity index is 1200. The van der Waals surface area contributed by atoms with Crippen molar-refractivity contribution >= 4 is 17.9 Å². The summed E-state index contributed by atoms with van der Waals surface area (Å²) >= 11 is 0. The third-order valence-electron chi connectivity index (χ3n) is 13.3. The Labute approximate surface area is 428 Å². The summed E-state index contributed by atoms with van der Waals surface area (Å²) in [4.78, 5) is 38.2. The van der Waals surface area contributed by atoms with E-state index >= 15 is 0 Å². The van der Waals surface area contributed by atoms with Crippen LogP contribution in [-0.2, 0) is 28.6 Å². The Morgan fingerprint density at radius 3 is 0.884 bits per heavy atom. The molecular weight excluding hydrogens is 853 g/mol. The first-order chi connectivity index (χ1) is 34.0. The van der Waals surface area contributed by atoms with Gasteiger partial charge in [-0.2, -0.15) is 0 Å². The SMILES string of the molecule is CCCCC/C=C\C/C=C\C/C=C\CCCCC(=O)OC[C@H](COC(=O)CCCCCCC/C=C\CCCCCCCC)OC(=O)CCCCCCCCCCCCCCCCCCCCCCC. The predicted octanol–water partition coefficient (Wildman–Crippen LogP) is 20.2. The predicted molar refractivity (Wildman–Crippen MR) is 298 cm³/mol. The summed E-state index contributed by atoms with van der Waals surface area (Å²) in [6.07, 6.45) is 71.1. The molecule has 0 amide bonds. The molecule has 0 aliphatic carbocycles. The molecule has 0 saturated heterocycles. The van der Waals surface area contributed by atoms with Gasteiger partial charge in [0, 0.05) is 19.3 Å². The van der Waals surface area contributed by atoms with E-state index in [0.717, 1.165) is 77.0 Å². The summed E-state index contributed by atoms with van der Waals surface area (Å²) in [5.41, 5.74) is 0. The Kier molecular flexibility index (Phi) is 55.7. The number of rotatable bonds is 55. The quantitative estimate of drug-likeness (QED) is 0.0262. The van der Waals surface area contributed by atoms with E-state index in [2.05, 4.69) is 69.4 Å². The minimum Gasteiger partial charge on any atom is -0.462 e. The van der Waals surface area contributed by atoms with Crippen LogP contribution in [0.2, 0.25) is 0 Å². The van der Waals surface area contributed by atoms with Crippen LogP contribution >= 0.6 is 0 Å². The number of hydrogen-bond acceptors (Lipinski definition) is 6. The molecule has 1 atom stereocenters. The molecule has 0 radical (unpaired) electrons. The second-order valence-electron chi connectivity index (χ2n) is 20.3. The van der Waals surface area contributed by atoms with Crippen molar-refractivity contribution in [3.8, 4) is 0 Å². The Balaban J connectivity index is 4.37. The first-order valence-electron chi connectivity index (χ1n) is 30.1. The van der Waals surface area contributed by atoms with Gasteiger partial charge >= 0.3 is 17.9 Å². The zero-order chi connectivity index (χ0) is 50.0. The lowest BCUT2D eigenvalue weighted by molar-refractivity contribution is -0.167. The smallest absolute Gasteiger partial charge is 0.306 e. The number of carbonyl (C=O) groups excluding carboxylic acids is 3. The van der Waals surface area contributed by atoms with E-state index in [0.29, 0.717) is 19.3 Å². The van der Waals surface area contributed by atoms with Gasteiger partial charge in [0.05, 0.1) is 0 Å². The highest BCUT2D eigenvalue weighted by Crippen LogP contribution is 2.17. The maximum absolute atomic E-state index is 12.9. The summed E-state index contributed by atoms with van der Waals surface area (Å²) in [7, 11) is 0. The molecule has 0 saturated carbocycles. The van der Waals surface area contributed by atoms with Crippen molar-refractivity contribution in [2.24, 2.45) is 0 Å². The first-order valence-corrected chi connectivity index (χ1v) is 30.1. The third kappa shape index (κ3) is 56.2. The topological polar surface area (TPSA) is 78.9 Å². The average molecular weight is 968 g/mol. The maximum Gasteiger partial charge on any atom is 0.306 e. The van der Waals surface area contributed by atoms with Gasteiger partial charge in [0.15, 0.2) is 6.10 Å². The minimum atomic E-state index is -0.790. The molecule has 6 heteroatoms. The second kappa shape index (κ2) is 57.9. The van der Waals surface area contributed by atoms with E-state index in [1.54, 1.807) is 0 Å². The van der Waals surface area contributed by atoms with Crippen LogP contribution in [0.3, 0.4) is 0 Å². The van der Waals surface area contributed by atoms with Crippen molar-refractivity contribution in [2.45, 2.75) is 322 Å². The molecule has 0 rings (SSSR count). The Morgan fingerprint density at radius 1 is 0.290 bits per heavy atom. The van der Waals surface area contributed by atoms with Crippen LogP contribution < -0.4 is 0 Å². The van der Waals surface area contributed by atoms with Crippen LogP contribution in [0.5, 0.6) is 0 Å². The normalized spacial score (nSPS) is 12.3. The van der Waals surface area contributed by atoms with E-state index < -0.39 is 6.10 Å². The van der Waals surface area contributed by atoms with Crippen molar-refractivity contribution < 1.29 is 28.6 Å². The Morgan fingerprint density at radius 2 is 0.522 bits per heavy atom. The zero-order valence-corrected chi connectivity index (χ0v) is 46.1. The van der Waals surface area contributed by atoms with Crippen molar-refractivity contribution in [2.75, 3.05) is 13.2 Å². The van der Waals surface area contributed by atoms with Gasteiger partial charge in [-0.3, -0.25) is 14.4 Å². The lowest BCUT2D eigenvalue weighted by Gasteiger charge is -2.18. The highest BCUT2D eigenvalue weighted by molar-refractivity contribution is 5.71. The molecule has 0 N–H and O–H groups in total. The molecular formula is C63H114O6. The molecule has 0 aliphatic heterocycles. The van der Waals surface area contributed by atoms with Gasteiger partial charge in [-0.25, -0.2) is 0 Å². The van der Waals surface area contributed by atoms with E-state index in [9.17, 15) is 14.4 Å². The van der Waals surface area contributed by atoms with Crippen molar-refractivity contribution in [3.63, 3.8) is 0 Å². The third-order valence-corrected chi connectivity index (χ3v) is 13.3. The molecule has 0 bridgehead atoms. The van der Waals surface area contributed by atoms with Crippen LogP contribution in [0.25, 0.3) is 0 Å². The van der Waals surface area contributed by atoms with Gasteiger partial charge < -0.3 is 14.2 Å². The molecule has 0 aromatic heterocycles. The van der Waals surface area contributed by atoms with Crippen LogP contribution in [0.15, 0.2) is 48.6 Å². The van der Waals surface area contributed by atoms with Crippen molar-refractivity contribution in [1.29, 1.82) is 0 Å². The number of allylic oxidation sites excluding steroid dienone is 8. The van der Waals surface area contributed by atoms with E-state index in [1.807, 2.05) is 0 Å². The molecule has 0 aromatic rings. The van der Waals surface area contributed by atoms with Gasteiger partial charge in [-0.1, -0.05) is 262 Å². The highest BCUT2D eigenvalue weighted by atomic mass is 16.6. The fraction of sp³-hybridized carbons (Fsp3) is 0.825. The van der Waals surface area contributed by atoms with Gasteiger partial charge in [-0.15, -0.1) is 0 Å². The van der Waals surface area contributed by atoms with Crippen LogP contribution in [0.4, 0.5) is 0 Å². The monoisotopic (exact) mass is 967 g/mol. The lowest BCUT2D eigenvalue weighted by Crippen LogP contribution is -2.30. The molecule has 0 aliphatic rings. The molecule has 0 fully saturated rings. The molecule has 402 valence electrons. The Hall–Kier alpha value is -2.63. The van der Waals surface area contributed by atoms with Crippen LogP contribution in [0.1, 0.15) is 316 Å². The van der Waals surface area contributed by atoms with E-state index in [4.69, 9.17) is 14.2 Å². The van der Waals surface area contributed by atoms with E-state index in [1.165, 1.54) is 199 Å². The number of unbranched alkanes of at least 4 members (excludes halogenated alkanes) is 36. The zero-order valence-electron chi connectivity index (χ0n) is 46.1. The first kappa shape index (κ1) is 66.4. The molecule has 0 spiro atoms. The standard InChI is InChI=1S/C63H114O6/c1-4-7-10-13-16-19-22-25-28-29-30-31-32-33-36-39-42-45-48-51-54-57-63(66)69-60(58-67-61(64)55-52-49-46-43-40-37-34-26-23-20-17-14-11-8-5-2)59-68-62(65)56-53-50-47-44-41-38-35-27-24-21-18-15-12-9-6-3/h17,20,26-27,34-35,40,43,60H,4-16,18-19,21-25,28-33,36-39,41-42,44-59H2,1-3H3/b20-17-,34-26-,35-27-,43-40-/t60-/m1/s1. The summed E-state index contributed by atoms with van der Waals surface area (Å²) in [6.45, 7) is 6.61. The summed E-state index contributed by atoms with van der Waals surface area (Å²) in [5, 5.41) is 0. The number of ether oxygens (including phenoxy) is 3. The minimum absolute atomic E-state index is 0.0866.